The fourth-order valence-electron chi connectivity index (χ4n) is 1.80. The number of carbonyl (C=O) groups is 1. The van der Waals surface area contributed by atoms with Gasteiger partial charge in [-0.2, -0.15) is 0 Å². The lowest BCUT2D eigenvalue weighted by molar-refractivity contribution is 0.0950. The molecule has 21 heavy (non-hydrogen) atoms. The summed E-state index contributed by atoms with van der Waals surface area (Å²) >= 11 is 0. The second-order valence-electron chi connectivity index (χ2n) is 4.94. The van der Waals surface area contributed by atoms with Crippen LogP contribution in [0.15, 0.2) is 42.6 Å². The van der Waals surface area contributed by atoms with Gasteiger partial charge in [-0.3, -0.25) is 4.79 Å². The number of nitrogens with two attached hydrogens (primary N) is 1. The number of nitrogens with one attached hydrogen (secondary N) is 1. The highest BCUT2D eigenvalue weighted by Crippen LogP contribution is 2.16. The summed E-state index contributed by atoms with van der Waals surface area (Å²) in [6.07, 6.45) is 1.70. The van der Waals surface area contributed by atoms with Crippen molar-refractivity contribution in [3.63, 3.8) is 0 Å². The Bertz CT molecular complexity index is 609. The number of ether oxygens (including phenoxy) is 1. The van der Waals surface area contributed by atoms with Gasteiger partial charge >= 0.3 is 0 Å². The van der Waals surface area contributed by atoms with Crippen molar-refractivity contribution < 1.29 is 9.53 Å². The molecule has 0 saturated carbocycles. The van der Waals surface area contributed by atoms with Crippen molar-refractivity contribution in [2.75, 3.05) is 5.73 Å². The number of pyridine rings is 1. The standard InChI is InChI=1S/C16H19N3O2/c1-11(2)21-16-13(4-3-9-18-16)10-19-15(20)12-5-7-14(17)8-6-12/h3-9,11H,10,17H2,1-2H3,(H,19,20). The summed E-state index contributed by atoms with van der Waals surface area (Å²) in [5.41, 5.74) is 7.64. The summed E-state index contributed by atoms with van der Waals surface area (Å²) in [5.74, 6) is 0.388. The number of aromatic nitrogens is 1. The number of nitrogens with zero attached hydrogens (tertiary/aromatic N) is 1. The normalized spacial score (nSPS) is 10.4. The van der Waals surface area contributed by atoms with Gasteiger partial charge in [0.05, 0.1) is 6.10 Å². The van der Waals surface area contributed by atoms with Crippen LogP contribution in [-0.4, -0.2) is 17.0 Å². The number of amides is 1. The number of carbonyl (C=O) groups excluding carboxylic acids is 1. The van der Waals surface area contributed by atoms with Crippen LogP contribution in [-0.2, 0) is 6.54 Å². The van der Waals surface area contributed by atoms with Crippen LogP contribution in [0.1, 0.15) is 29.8 Å². The van der Waals surface area contributed by atoms with Gasteiger partial charge in [0.2, 0.25) is 5.88 Å². The van der Waals surface area contributed by atoms with Crippen LogP contribution in [0.2, 0.25) is 0 Å². The van der Waals surface area contributed by atoms with Crippen LogP contribution >= 0.6 is 0 Å². The molecule has 5 nitrogen and oxygen atoms in total. The monoisotopic (exact) mass is 285 g/mol. The summed E-state index contributed by atoms with van der Waals surface area (Å²) in [6.45, 7) is 4.23. The quantitative estimate of drug-likeness (QED) is 0.827. The van der Waals surface area contributed by atoms with Crippen molar-refractivity contribution in [2.45, 2.75) is 26.5 Å². The number of hydrogen-bond acceptors (Lipinski definition) is 4. The number of hydrogen-bond donors (Lipinski definition) is 2. The van der Waals surface area contributed by atoms with E-state index in [1.807, 2.05) is 26.0 Å². The average Bonchev–Trinajstić information content (AvgIpc) is 2.46. The maximum Gasteiger partial charge on any atom is 0.251 e. The highest BCUT2D eigenvalue weighted by Gasteiger charge is 2.09. The molecule has 1 aromatic heterocycles. The summed E-state index contributed by atoms with van der Waals surface area (Å²) in [5, 5.41) is 2.85. The third-order valence-electron chi connectivity index (χ3n) is 2.81. The summed E-state index contributed by atoms with van der Waals surface area (Å²) in [4.78, 5) is 16.2. The van der Waals surface area contributed by atoms with Crippen LogP contribution in [0.4, 0.5) is 5.69 Å². The van der Waals surface area contributed by atoms with Crippen molar-refractivity contribution in [1.82, 2.24) is 10.3 Å². The van der Waals surface area contributed by atoms with Gasteiger partial charge in [-0.05, 0) is 44.2 Å². The zero-order valence-corrected chi connectivity index (χ0v) is 12.2. The Balaban J connectivity index is 2.02. The van der Waals surface area contributed by atoms with Crippen molar-refractivity contribution in [3.05, 3.63) is 53.7 Å². The first-order valence-corrected chi connectivity index (χ1v) is 6.80. The van der Waals surface area contributed by atoms with Crippen molar-refractivity contribution in [3.8, 4) is 5.88 Å². The second kappa shape index (κ2) is 6.74. The van der Waals surface area contributed by atoms with Crippen LogP contribution in [0.5, 0.6) is 5.88 Å². The third kappa shape index (κ3) is 4.21. The van der Waals surface area contributed by atoms with Crippen LogP contribution < -0.4 is 15.8 Å². The maximum absolute atomic E-state index is 12.0. The van der Waals surface area contributed by atoms with Gasteiger partial charge in [-0.25, -0.2) is 4.98 Å². The van der Waals surface area contributed by atoms with Crippen LogP contribution in [0, 0.1) is 0 Å². The molecule has 3 N–H and O–H groups in total. The lowest BCUT2D eigenvalue weighted by atomic mass is 10.2. The van der Waals surface area contributed by atoms with Crippen LogP contribution in [0.25, 0.3) is 0 Å². The molecule has 0 atom stereocenters. The van der Waals surface area contributed by atoms with E-state index in [2.05, 4.69) is 10.3 Å². The van der Waals surface area contributed by atoms with Gasteiger partial charge in [0.15, 0.2) is 0 Å². The zero-order valence-electron chi connectivity index (χ0n) is 12.2. The minimum Gasteiger partial charge on any atom is -0.475 e. The molecule has 1 aromatic carbocycles. The molecule has 110 valence electrons. The Morgan fingerprint density at radius 1 is 1.29 bits per heavy atom. The second-order valence-corrected chi connectivity index (χ2v) is 4.94. The molecule has 2 rings (SSSR count). The van der Waals surface area contributed by atoms with E-state index >= 15 is 0 Å². The Morgan fingerprint density at radius 2 is 2.00 bits per heavy atom. The van der Waals surface area contributed by atoms with E-state index in [1.165, 1.54) is 0 Å². The van der Waals surface area contributed by atoms with E-state index in [4.69, 9.17) is 10.5 Å². The Labute approximate surface area is 124 Å². The molecule has 0 aliphatic heterocycles. The van der Waals surface area contributed by atoms with Crippen molar-refractivity contribution in [2.24, 2.45) is 0 Å². The molecular weight excluding hydrogens is 266 g/mol. The molecular formula is C16H19N3O2. The minimum absolute atomic E-state index is 0.0338. The largest absolute Gasteiger partial charge is 0.475 e. The molecule has 0 spiro atoms. The van der Waals surface area contributed by atoms with Gasteiger partial charge < -0.3 is 15.8 Å². The lowest BCUT2D eigenvalue weighted by Crippen LogP contribution is -2.23. The predicted octanol–water partition coefficient (Wildman–Crippen LogP) is 2.38. The first-order valence-electron chi connectivity index (χ1n) is 6.80. The average molecular weight is 285 g/mol. The fraction of sp³-hybridized carbons (Fsp3) is 0.250. The van der Waals surface area contributed by atoms with E-state index in [0.717, 1.165) is 5.56 Å². The smallest absolute Gasteiger partial charge is 0.251 e. The molecule has 0 unspecified atom stereocenters. The first-order chi connectivity index (χ1) is 10.1. The predicted molar refractivity (Wildman–Crippen MR) is 82.0 cm³/mol. The van der Waals surface area contributed by atoms with Gasteiger partial charge in [-0.15, -0.1) is 0 Å². The van der Waals surface area contributed by atoms with E-state index in [1.54, 1.807) is 30.5 Å². The number of rotatable bonds is 5. The molecule has 0 saturated heterocycles. The Hall–Kier alpha value is -2.56. The molecule has 0 fully saturated rings. The zero-order chi connectivity index (χ0) is 15.2. The number of benzene rings is 1. The fourth-order valence-corrected chi connectivity index (χ4v) is 1.80. The highest BCUT2D eigenvalue weighted by molar-refractivity contribution is 5.94. The maximum atomic E-state index is 12.0. The Kier molecular flexibility index (Phi) is 4.77. The summed E-state index contributed by atoms with van der Waals surface area (Å²) in [7, 11) is 0. The first kappa shape index (κ1) is 14.8. The number of nitrogen functional groups attached to an aromatic ring is 1. The van der Waals surface area contributed by atoms with E-state index in [9.17, 15) is 4.79 Å². The van der Waals surface area contributed by atoms with E-state index in [-0.39, 0.29) is 12.0 Å². The highest BCUT2D eigenvalue weighted by atomic mass is 16.5. The lowest BCUT2D eigenvalue weighted by Gasteiger charge is -2.13. The molecule has 0 radical (unpaired) electrons. The molecule has 0 bridgehead atoms. The molecule has 0 aliphatic rings. The van der Waals surface area contributed by atoms with E-state index < -0.39 is 0 Å². The molecule has 2 aromatic rings. The van der Waals surface area contributed by atoms with Crippen LogP contribution in [0.3, 0.4) is 0 Å². The number of anilines is 1. The third-order valence-corrected chi connectivity index (χ3v) is 2.81. The molecule has 5 heteroatoms. The van der Waals surface area contributed by atoms with Crippen molar-refractivity contribution >= 4 is 11.6 Å². The molecule has 1 heterocycles. The van der Waals surface area contributed by atoms with Gasteiger partial charge in [0.25, 0.3) is 5.91 Å². The van der Waals surface area contributed by atoms with Gasteiger partial charge in [0.1, 0.15) is 0 Å². The Morgan fingerprint density at radius 3 is 2.67 bits per heavy atom. The topological polar surface area (TPSA) is 77.2 Å². The molecule has 0 aliphatic carbocycles. The van der Waals surface area contributed by atoms with E-state index in [0.29, 0.717) is 23.7 Å². The minimum atomic E-state index is -0.158. The van der Waals surface area contributed by atoms with Crippen molar-refractivity contribution in [1.29, 1.82) is 0 Å². The summed E-state index contributed by atoms with van der Waals surface area (Å²) < 4.78 is 5.62. The summed E-state index contributed by atoms with van der Waals surface area (Å²) in [6, 6.07) is 10.5. The van der Waals surface area contributed by atoms with Gasteiger partial charge in [-0.1, -0.05) is 6.07 Å². The van der Waals surface area contributed by atoms with Gasteiger partial charge in [0, 0.05) is 29.6 Å². The molecule has 1 amide bonds. The SMILES string of the molecule is CC(C)Oc1ncccc1CNC(=O)c1ccc(N)cc1.